The van der Waals surface area contributed by atoms with Crippen molar-refractivity contribution in [2.24, 2.45) is 0 Å². The lowest BCUT2D eigenvalue weighted by Crippen LogP contribution is -2.37. The third-order valence-electron chi connectivity index (χ3n) is 5.26. The first-order chi connectivity index (χ1) is 13.1. The third kappa shape index (κ3) is 2.94. The minimum Gasteiger partial charge on any atom is -0.455 e. The van der Waals surface area contributed by atoms with Crippen molar-refractivity contribution >= 4 is 16.9 Å². The Balaban J connectivity index is 1.91. The smallest absolute Gasteiger partial charge is 0.257 e. The Hall–Kier alpha value is -2.92. The first-order valence-corrected chi connectivity index (χ1v) is 9.15. The number of hydrogen-bond acceptors (Lipinski definition) is 4. The summed E-state index contributed by atoms with van der Waals surface area (Å²) in [5.41, 5.74) is 1.85. The quantitative estimate of drug-likeness (QED) is 0.775. The molecular weight excluding hydrogens is 342 g/mol. The zero-order valence-corrected chi connectivity index (χ0v) is 15.1. The Labute approximate surface area is 156 Å². The molecule has 2 aromatic carbocycles. The van der Waals surface area contributed by atoms with Gasteiger partial charge in [-0.25, -0.2) is 0 Å². The monoisotopic (exact) mass is 363 g/mol. The SMILES string of the molecule is Cc1c(-c2ccccc2)oc2c(C(=O)N3CCCC3CO)cccc2c1=O. The van der Waals surface area contributed by atoms with Gasteiger partial charge in [0.25, 0.3) is 5.91 Å². The summed E-state index contributed by atoms with van der Waals surface area (Å²) in [6.07, 6.45) is 1.64. The number of hydrogen-bond donors (Lipinski definition) is 1. The average molecular weight is 363 g/mol. The molecule has 0 radical (unpaired) electrons. The van der Waals surface area contributed by atoms with Gasteiger partial charge in [-0.3, -0.25) is 9.59 Å². The molecule has 0 saturated carbocycles. The summed E-state index contributed by atoms with van der Waals surface area (Å²) in [6, 6.07) is 14.3. The topological polar surface area (TPSA) is 70.8 Å². The molecule has 1 amide bonds. The van der Waals surface area contributed by atoms with Crippen molar-refractivity contribution in [2.45, 2.75) is 25.8 Å². The second-order valence-electron chi connectivity index (χ2n) is 6.91. The van der Waals surface area contributed by atoms with Crippen molar-refractivity contribution < 1.29 is 14.3 Å². The lowest BCUT2D eigenvalue weighted by molar-refractivity contribution is 0.0678. The van der Waals surface area contributed by atoms with Crippen LogP contribution >= 0.6 is 0 Å². The Morgan fingerprint density at radius 1 is 1.19 bits per heavy atom. The van der Waals surface area contributed by atoms with Gasteiger partial charge >= 0.3 is 0 Å². The molecule has 3 aromatic rings. The van der Waals surface area contributed by atoms with Crippen molar-refractivity contribution in [1.82, 2.24) is 4.90 Å². The second-order valence-corrected chi connectivity index (χ2v) is 6.91. The number of carbonyl (C=O) groups is 1. The van der Waals surface area contributed by atoms with Gasteiger partial charge in [-0.1, -0.05) is 36.4 Å². The van der Waals surface area contributed by atoms with Gasteiger partial charge in [0, 0.05) is 17.7 Å². The maximum Gasteiger partial charge on any atom is 0.257 e. The van der Waals surface area contributed by atoms with E-state index in [0.717, 1.165) is 18.4 Å². The Kier molecular flexibility index (Phi) is 4.54. The summed E-state index contributed by atoms with van der Waals surface area (Å²) in [4.78, 5) is 27.7. The Morgan fingerprint density at radius 3 is 2.70 bits per heavy atom. The number of fused-ring (bicyclic) bond motifs is 1. The largest absolute Gasteiger partial charge is 0.455 e. The lowest BCUT2D eigenvalue weighted by atomic mass is 10.0. The fourth-order valence-corrected chi connectivity index (χ4v) is 3.79. The third-order valence-corrected chi connectivity index (χ3v) is 5.26. The van der Waals surface area contributed by atoms with E-state index in [-0.39, 0.29) is 24.0 Å². The molecule has 0 bridgehead atoms. The molecule has 1 aliphatic rings. The second kappa shape index (κ2) is 7.00. The van der Waals surface area contributed by atoms with Crippen molar-refractivity contribution in [1.29, 1.82) is 0 Å². The van der Waals surface area contributed by atoms with Gasteiger partial charge in [0.2, 0.25) is 0 Å². The molecular formula is C22H21NO4. The molecule has 1 fully saturated rings. The number of likely N-dealkylation sites (tertiary alicyclic amines) is 1. The zero-order chi connectivity index (χ0) is 19.0. The molecule has 1 unspecified atom stereocenters. The zero-order valence-electron chi connectivity index (χ0n) is 15.1. The first-order valence-electron chi connectivity index (χ1n) is 9.15. The molecule has 0 spiro atoms. The number of amides is 1. The molecule has 138 valence electrons. The molecule has 1 aliphatic heterocycles. The van der Waals surface area contributed by atoms with E-state index in [1.807, 2.05) is 30.3 Å². The van der Waals surface area contributed by atoms with Crippen LogP contribution in [0.5, 0.6) is 0 Å². The molecule has 5 heteroatoms. The maximum atomic E-state index is 13.1. The summed E-state index contributed by atoms with van der Waals surface area (Å²) in [5, 5.41) is 9.95. The summed E-state index contributed by atoms with van der Waals surface area (Å²) >= 11 is 0. The van der Waals surface area contributed by atoms with E-state index in [1.165, 1.54) is 0 Å². The molecule has 1 aromatic heterocycles. The van der Waals surface area contributed by atoms with Gasteiger partial charge in [0.05, 0.1) is 23.6 Å². The number of aliphatic hydroxyl groups excluding tert-OH is 1. The van der Waals surface area contributed by atoms with Crippen LogP contribution in [0.25, 0.3) is 22.3 Å². The molecule has 27 heavy (non-hydrogen) atoms. The summed E-state index contributed by atoms with van der Waals surface area (Å²) in [5.74, 6) is 0.275. The van der Waals surface area contributed by atoms with Crippen molar-refractivity contribution in [3.63, 3.8) is 0 Å². The molecule has 5 nitrogen and oxygen atoms in total. The minimum atomic E-state index is -0.205. The molecule has 2 heterocycles. The highest BCUT2D eigenvalue weighted by molar-refractivity contribution is 6.05. The van der Waals surface area contributed by atoms with E-state index >= 15 is 0 Å². The minimum absolute atomic E-state index is 0.0607. The maximum absolute atomic E-state index is 13.1. The normalized spacial score (nSPS) is 16.8. The van der Waals surface area contributed by atoms with Gasteiger partial charge in [-0.2, -0.15) is 0 Å². The fraction of sp³-hybridized carbons (Fsp3) is 0.273. The van der Waals surface area contributed by atoms with Crippen LogP contribution in [0.3, 0.4) is 0 Å². The number of para-hydroxylation sites is 1. The van der Waals surface area contributed by atoms with Crippen molar-refractivity contribution in [3.05, 3.63) is 69.9 Å². The summed E-state index contributed by atoms with van der Waals surface area (Å²) in [6.45, 7) is 2.28. The molecule has 1 N–H and O–H groups in total. The van der Waals surface area contributed by atoms with Gasteiger partial charge < -0.3 is 14.4 Å². The summed E-state index contributed by atoms with van der Waals surface area (Å²) in [7, 11) is 0. The molecule has 4 rings (SSSR count). The van der Waals surface area contributed by atoms with E-state index < -0.39 is 0 Å². The molecule has 1 saturated heterocycles. The van der Waals surface area contributed by atoms with Gasteiger partial charge in [0.1, 0.15) is 5.76 Å². The number of rotatable bonds is 3. The Bertz CT molecular complexity index is 1060. The van der Waals surface area contributed by atoms with E-state index in [9.17, 15) is 14.7 Å². The predicted octanol–water partition coefficient (Wildman–Crippen LogP) is 3.37. The summed E-state index contributed by atoms with van der Waals surface area (Å²) < 4.78 is 6.13. The highest BCUT2D eigenvalue weighted by Crippen LogP contribution is 2.29. The Morgan fingerprint density at radius 2 is 1.96 bits per heavy atom. The number of carbonyl (C=O) groups excluding carboxylic acids is 1. The van der Waals surface area contributed by atoms with Gasteiger partial charge in [-0.05, 0) is 31.9 Å². The highest BCUT2D eigenvalue weighted by atomic mass is 16.3. The average Bonchev–Trinajstić information content (AvgIpc) is 3.19. The van der Waals surface area contributed by atoms with Crippen LogP contribution in [0.2, 0.25) is 0 Å². The van der Waals surface area contributed by atoms with Crippen LogP contribution in [-0.4, -0.2) is 35.1 Å². The van der Waals surface area contributed by atoms with Gasteiger partial charge in [-0.15, -0.1) is 0 Å². The van der Waals surface area contributed by atoms with E-state index in [4.69, 9.17) is 4.42 Å². The first kappa shape index (κ1) is 17.5. The van der Waals surface area contributed by atoms with Crippen LogP contribution in [0.15, 0.2) is 57.7 Å². The van der Waals surface area contributed by atoms with Crippen LogP contribution in [0, 0.1) is 6.92 Å². The number of benzene rings is 2. The van der Waals surface area contributed by atoms with E-state index in [0.29, 0.717) is 34.4 Å². The van der Waals surface area contributed by atoms with E-state index in [2.05, 4.69) is 0 Å². The van der Waals surface area contributed by atoms with Crippen LogP contribution in [0.1, 0.15) is 28.8 Å². The predicted molar refractivity (Wildman–Crippen MR) is 104 cm³/mol. The van der Waals surface area contributed by atoms with E-state index in [1.54, 1.807) is 30.0 Å². The highest BCUT2D eigenvalue weighted by Gasteiger charge is 2.30. The lowest BCUT2D eigenvalue weighted by Gasteiger charge is -2.23. The van der Waals surface area contributed by atoms with Crippen molar-refractivity contribution in [3.8, 4) is 11.3 Å². The fourth-order valence-electron chi connectivity index (χ4n) is 3.79. The molecule has 1 atom stereocenters. The number of aliphatic hydroxyl groups is 1. The van der Waals surface area contributed by atoms with Crippen LogP contribution < -0.4 is 5.43 Å². The van der Waals surface area contributed by atoms with Crippen LogP contribution in [0.4, 0.5) is 0 Å². The molecule has 0 aliphatic carbocycles. The van der Waals surface area contributed by atoms with Crippen molar-refractivity contribution in [2.75, 3.05) is 13.2 Å². The number of nitrogens with zero attached hydrogens (tertiary/aromatic N) is 1. The van der Waals surface area contributed by atoms with Crippen LogP contribution in [-0.2, 0) is 0 Å². The van der Waals surface area contributed by atoms with Gasteiger partial charge in [0.15, 0.2) is 11.0 Å². The standard InChI is InChI=1S/C22H21NO4/c1-14-19(25)17-10-5-11-18(22(26)23-12-6-9-16(23)13-24)21(17)27-20(14)15-7-3-2-4-8-15/h2-5,7-8,10-11,16,24H,6,9,12-13H2,1H3.